The number of fused-ring (bicyclic) bond motifs is 2. The molecule has 6 aromatic rings. The standard InChI is InChI=1S/C32H24N6O6S2/c1-35-25-15-13-21(37(41)42)17-23(25)27(29(39)33-19-9-5-3-6-10-19)31(35)45-46-32-28(30(40)34-20-11-7-4-8-12-20)24-18-22(38(43)44)14-16-26(24)36(32)2/h3-18H,1-2H3,(H,33,39)(H,34,40). The van der Waals surface area contributed by atoms with Gasteiger partial charge in [0.1, 0.15) is 0 Å². The zero-order chi connectivity index (χ0) is 32.5. The van der Waals surface area contributed by atoms with Crippen LogP contribution in [0, 0.1) is 20.2 Å². The number of nitro benzene ring substituents is 2. The minimum atomic E-state index is -0.515. The van der Waals surface area contributed by atoms with E-state index < -0.39 is 21.7 Å². The van der Waals surface area contributed by atoms with Gasteiger partial charge in [0.05, 0.1) is 31.0 Å². The fourth-order valence-corrected chi connectivity index (χ4v) is 7.98. The van der Waals surface area contributed by atoms with Crippen LogP contribution in [-0.2, 0) is 14.1 Å². The van der Waals surface area contributed by atoms with E-state index in [0.717, 1.165) is 0 Å². The third kappa shape index (κ3) is 5.66. The Hall–Kier alpha value is -5.60. The molecule has 0 atom stereocenters. The first kappa shape index (κ1) is 30.4. The van der Waals surface area contributed by atoms with Crippen LogP contribution in [-0.4, -0.2) is 30.8 Å². The van der Waals surface area contributed by atoms with Crippen molar-refractivity contribution in [3.05, 3.63) is 128 Å². The first-order chi connectivity index (χ1) is 22.1. The van der Waals surface area contributed by atoms with Gasteiger partial charge in [-0.2, -0.15) is 0 Å². The van der Waals surface area contributed by atoms with E-state index in [0.29, 0.717) is 43.2 Å². The monoisotopic (exact) mass is 652 g/mol. The molecular formula is C32H24N6O6S2. The van der Waals surface area contributed by atoms with Crippen molar-refractivity contribution in [3.8, 4) is 0 Å². The first-order valence-corrected chi connectivity index (χ1v) is 15.9. The average molecular weight is 653 g/mol. The van der Waals surface area contributed by atoms with E-state index >= 15 is 0 Å². The SMILES string of the molecule is Cn1c(SSc2c(C(=O)Nc3ccccc3)c3cc([N+](=O)[O-])ccc3n2C)c(C(=O)Nc2ccccc2)c2cc([N+](=O)[O-])ccc21. The zero-order valence-corrected chi connectivity index (χ0v) is 25.9. The molecule has 2 amide bonds. The number of carbonyl (C=O) groups is 2. The molecule has 0 saturated heterocycles. The minimum Gasteiger partial charge on any atom is -0.337 e. The number of aromatic nitrogens is 2. The van der Waals surface area contributed by atoms with Crippen LogP contribution in [0.1, 0.15) is 20.7 Å². The van der Waals surface area contributed by atoms with Gasteiger partial charge in [-0.25, -0.2) is 0 Å². The predicted octanol–water partition coefficient (Wildman–Crippen LogP) is 7.79. The molecule has 0 spiro atoms. The number of rotatable bonds is 9. The summed E-state index contributed by atoms with van der Waals surface area (Å²) in [5.41, 5.74) is 2.43. The molecule has 0 aliphatic rings. The second kappa shape index (κ2) is 12.4. The van der Waals surface area contributed by atoms with E-state index in [4.69, 9.17) is 0 Å². The Bertz CT molecular complexity index is 2020. The summed E-state index contributed by atoms with van der Waals surface area (Å²) in [5.74, 6) is -0.926. The van der Waals surface area contributed by atoms with Crippen molar-refractivity contribution in [2.45, 2.75) is 10.1 Å². The van der Waals surface area contributed by atoms with Crippen LogP contribution in [0.15, 0.2) is 107 Å². The van der Waals surface area contributed by atoms with Gasteiger partial charge >= 0.3 is 0 Å². The Morgan fingerprint density at radius 2 is 0.978 bits per heavy atom. The highest BCUT2D eigenvalue weighted by Gasteiger charge is 2.28. The Morgan fingerprint density at radius 3 is 1.33 bits per heavy atom. The van der Waals surface area contributed by atoms with Gasteiger partial charge in [0, 0.05) is 71.5 Å². The molecule has 46 heavy (non-hydrogen) atoms. The molecule has 0 aliphatic heterocycles. The lowest BCUT2D eigenvalue weighted by atomic mass is 10.1. The van der Waals surface area contributed by atoms with Crippen LogP contribution in [0.25, 0.3) is 21.8 Å². The molecule has 12 nitrogen and oxygen atoms in total. The third-order valence-corrected chi connectivity index (χ3v) is 9.95. The second-order valence-corrected chi connectivity index (χ2v) is 12.3. The van der Waals surface area contributed by atoms with E-state index in [1.54, 1.807) is 83.9 Å². The zero-order valence-electron chi connectivity index (χ0n) is 24.3. The van der Waals surface area contributed by atoms with Crippen molar-refractivity contribution < 1.29 is 19.4 Å². The van der Waals surface area contributed by atoms with Crippen LogP contribution in [0.2, 0.25) is 0 Å². The molecule has 6 rings (SSSR count). The number of non-ortho nitro benzene ring substituents is 2. The predicted molar refractivity (Wildman–Crippen MR) is 180 cm³/mol. The van der Waals surface area contributed by atoms with Crippen molar-refractivity contribution in [1.82, 2.24) is 9.13 Å². The summed E-state index contributed by atoms with van der Waals surface area (Å²) >= 11 is 0. The molecule has 2 heterocycles. The average Bonchev–Trinajstić information content (AvgIpc) is 3.49. The smallest absolute Gasteiger partial charge is 0.270 e. The maximum Gasteiger partial charge on any atom is 0.270 e. The van der Waals surface area contributed by atoms with Gasteiger partial charge in [0.15, 0.2) is 0 Å². The van der Waals surface area contributed by atoms with E-state index in [9.17, 15) is 29.8 Å². The molecular weight excluding hydrogens is 629 g/mol. The van der Waals surface area contributed by atoms with Gasteiger partial charge in [-0.3, -0.25) is 29.8 Å². The molecule has 0 aliphatic carbocycles. The number of para-hydroxylation sites is 2. The van der Waals surface area contributed by atoms with Gasteiger partial charge in [-0.15, -0.1) is 0 Å². The van der Waals surface area contributed by atoms with E-state index in [1.165, 1.54) is 45.9 Å². The molecule has 14 heteroatoms. The maximum atomic E-state index is 13.8. The van der Waals surface area contributed by atoms with E-state index in [2.05, 4.69) is 10.6 Å². The summed E-state index contributed by atoms with van der Waals surface area (Å²) < 4.78 is 3.54. The first-order valence-electron chi connectivity index (χ1n) is 13.7. The van der Waals surface area contributed by atoms with E-state index in [-0.39, 0.29) is 22.5 Å². The lowest BCUT2D eigenvalue weighted by Gasteiger charge is -2.11. The van der Waals surface area contributed by atoms with Gasteiger partial charge in [0.25, 0.3) is 23.2 Å². The van der Waals surface area contributed by atoms with Crippen molar-refractivity contribution >= 4 is 78.0 Å². The Balaban J connectivity index is 1.47. The Labute approximate surface area is 269 Å². The fourth-order valence-electron chi connectivity index (χ4n) is 5.19. The molecule has 2 N–H and O–H groups in total. The summed E-state index contributed by atoms with van der Waals surface area (Å²) in [4.78, 5) is 49.8. The Morgan fingerprint density at radius 1 is 0.609 bits per heavy atom. The van der Waals surface area contributed by atoms with Crippen LogP contribution >= 0.6 is 21.6 Å². The van der Waals surface area contributed by atoms with Gasteiger partial charge in [-0.05, 0) is 58.0 Å². The number of benzene rings is 4. The molecule has 4 aromatic carbocycles. The maximum absolute atomic E-state index is 13.8. The number of carbonyl (C=O) groups excluding carboxylic acids is 2. The van der Waals surface area contributed by atoms with Gasteiger partial charge < -0.3 is 19.8 Å². The number of hydrogen-bond donors (Lipinski definition) is 2. The number of aryl methyl sites for hydroxylation is 2. The quantitative estimate of drug-likeness (QED) is 0.0911. The molecule has 0 radical (unpaired) electrons. The normalized spacial score (nSPS) is 11.1. The van der Waals surface area contributed by atoms with Crippen molar-refractivity contribution in [2.75, 3.05) is 10.6 Å². The lowest BCUT2D eigenvalue weighted by Crippen LogP contribution is -2.13. The van der Waals surface area contributed by atoms with Gasteiger partial charge in [0.2, 0.25) is 0 Å². The molecule has 2 aromatic heterocycles. The molecule has 230 valence electrons. The molecule has 0 unspecified atom stereocenters. The van der Waals surface area contributed by atoms with Crippen molar-refractivity contribution in [3.63, 3.8) is 0 Å². The number of amides is 2. The minimum absolute atomic E-state index is 0.161. The second-order valence-electron chi connectivity index (χ2n) is 10.2. The van der Waals surface area contributed by atoms with Crippen molar-refractivity contribution in [1.29, 1.82) is 0 Å². The van der Waals surface area contributed by atoms with E-state index in [1.807, 2.05) is 12.1 Å². The molecule has 0 bridgehead atoms. The molecule has 0 saturated carbocycles. The third-order valence-electron chi connectivity index (χ3n) is 7.40. The Kier molecular flexibility index (Phi) is 8.21. The summed E-state index contributed by atoms with van der Waals surface area (Å²) in [6.45, 7) is 0. The number of nitrogens with one attached hydrogen (secondary N) is 2. The fraction of sp³-hybridized carbons (Fsp3) is 0.0625. The van der Waals surface area contributed by atoms with Crippen LogP contribution < -0.4 is 10.6 Å². The highest BCUT2D eigenvalue weighted by atomic mass is 33.1. The number of anilines is 2. The number of nitro groups is 2. The lowest BCUT2D eigenvalue weighted by molar-refractivity contribution is -0.384. The number of nitrogens with zero attached hydrogens (tertiary/aromatic N) is 4. The van der Waals surface area contributed by atoms with Crippen LogP contribution in [0.5, 0.6) is 0 Å². The van der Waals surface area contributed by atoms with Crippen LogP contribution in [0.3, 0.4) is 0 Å². The number of hydrogen-bond acceptors (Lipinski definition) is 8. The summed E-state index contributed by atoms with van der Waals surface area (Å²) in [6, 6.07) is 26.4. The highest BCUT2D eigenvalue weighted by Crippen LogP contribution is 2.46. The highest BCUT2D eigenvalue weighted by molar-refractivity contribution is 8.76. The van der Waals surface area contributed by atoms with Crippen LogP contribution in [0.4, 0.5) is 22.7 Å². The summed E-state index contributed by atoms with van der Waals surface area (Å²) in [5, 5.41) is 30.8. The summed E-state index contributed by atoms with van der Waals surface area (Å²) in [6.07, 6.45) is 0. The topological polar surface area (TPSA) is 154 Å². The summed E-state index contributed by atoms with van der Waals surface area (Å²) in [7, 11) is 5.90. The molecule has 0 fully saturated rings. The van der Waals surface area contributed by atoms with Crippen molar-refractivity contribution in [2.24, 2.45) is 14.1 Å². The largest absolute Gasteiger partial charge is 0.337 e. The van der Waals surface area contributed by atoms with Gasteiger partial charge in [-0.1, -0.05) is 36.4 Å².